The van der Waals surface area contributed by atoms with Gasteiger partial charge in [0.05, 0.1) is 19.1 Å². The summed E-state index contributed by atoms with van der Waals surface area (Å²) in [6.07, 6.45) is 6.22. The van der Waals surface area contributed by atoms with Crippen molar-refractivity contribution in [3.8, 4) is 0 Å². The fourth-order valence-electron chi connectivity index (χ4n) is 4.51. The molecule has 194 valence electrons. The first kappa shape index (κ1) is 27.8. The molecule has 1 aromatic rings. The molecule has 2 unspecified atom stereocenters. The number of rotatable bonds is 9. The molecule has 0 spiro atoms. The molecule has 12 nitrogen and oxygen atoms in total. The van der Waals surface area contributed by atoms with Crippen molar-refractivity contribution in [1.29, 1.82) is 5.41 Å². The molecule has 12 heteroatoms. The van der Waals surface area contributed by atoms with E-state index in [9.17, 15) is 14.4 Å². The highest BCUT2D eigenvalue weighted by atomic mass is 16.4. The quantitative estimate of drug-likeness (QED) is 0.213. The number of nitrogens with zero attached hydrogens (tertiary/aromatic N) is 1. The SMILES string of the molecule is CC(=O)O.N=C(N)c1ccc(CNC(=O)C2CCCN2C(=O)C(NCC(=O)O)C2CCCCC2)o1. The maximum Gasteiger partial charge on any atom is 0.317 e. The molecular formula is C23H35N5O7. The highest BCUT2D eigenvalue weighted by Gasteiger charge is 2.40. The highest BCUT2D eigenvalue weighted by Crippen LogP contribution is 2.29. The topological polar surface area (TPSA) is 199 Å². The molecule has 0 aromatic carbocycles. The minimum atomic E-state index is -1.01. The van der Waals surface area contributed by atoms with Gasteiger partial charge in [-0.15, -0.1) is 0 Å². The predicted octanol–water partition coefficient (Wildman–Crippen LogP) is 0.885. The van der Waals surface area contributed by atoms with Crippen LogP contribution in [0, 0.1) is 11.3 Å². The Morgan fingerprint density at radius 2 is 1.80 bits per heavy atom. The Kier molecular flexibility index (Phi) is 10.7. The van der Waals surface area contributed by atoms with Crippen LogP contribution in [0.15, 0.2) is 16.5 Å². The Morgan fingerprint density at radius 1 is 1.14 bits per heavy atom. The summed E-state index contributed by atoms with van der Waals surface area (Å²) in [5, 5.41) is 29.6. The summed E-state index contributed by atoms with van der Waals surface area (Å²) >= 11 is 0. The van der Waals surface area contributed by atoms with Crippen molar-refractivity contribution in [3.05, 3.63) is 23.7 Å². The standard InChI is InChI=1S/C21H31N5O5.C2H4O2/c22-19(23)16-9-8-14(31-16)11-25-20(29)15-7-4-10-26(15)21(30)18(24-12-17(27)28)13-5-2-1-3-6-13;1-2(3)4/h8-9,13,15,18,24H,1-7,10-12H2,(H3,22,23)(H,25,29)(H,27,28);1H3,(H,3,4). The van der Waals surface area contributed by atoms with Crippen LogP contribution in [0.3, 0.4) is 0 Å². The molecule has 35 heavy (non-hydrogen) atoms. The lowest BCUT2D eigenvalue weighted by molar-refractivity contribution is -0.142. The molecule has 7 N–H and O–H groups in total. The van der Waals surface area contributed by atoms with Crippen LogP contribution in [0.1, 0.15) is 63.4 Å². The van der Waals surface area contributed by atoms with E-state index >= 15 is 0 Å². The van der Waals surface area contributed by atoms with Crippen LogP contribution >= 0.6 is 0 Å². The fraction of sp³-hybridized carbons (Fsp3) is 0.609. The Morgan fingerprint density at radius 3 is 2.37 bits per heavy atom. The van der Waals surface area contributed by atoms with Crippen molar-refractivity contribution in [3.63, 3.8) is 0 Å². The van der Waals surface area contributed by atoms with Crippen molar-refractivity contribution in [2.24, 2.45) is 11.7 Å². The number of nitrogen functional groups attached to an aromatic ring is 1. The van der Waals surface area contributed by atoms with Crippen LogP contribution in [0.5, 0.6) is 0 Å². The molecule has 2 amide bonds. The van der Waals surface area contributed by atoms with Gasteiger partial charge in [0.2, 0.25) is 11.8 Å². The molecule has 1 aliphatic heterocycles. The van der Waals surface area contributed by atoms with Crippen LogP contribution in [0.2, 0.25) is 0 Å². The molecule has 2 fully saturated rings. The van der Waals surface area contributed by atoms with E-state index < -0.39 is 24.0 Å². The third-order valence-electron chi connectivity index (χ3n) is 6.06. The number of nitrogens with two attached hydrogens (primary N) is 1. The zero-order valence-electron chi connectivity index (χ0n) is 19.9. The van der Waals surface area contributed by atoms with Crippen molar-refractivity contribution < 1.29 is 33.8 Å². The molecule has 2 atom stereocenters. The summed E-state index contributed by atoms with van der Waals surface area (Å²) in [5.41, 5.74) is 5.38. The number of furan rings is 1. The minimum Gasteiger partial charge on any atom is -0.481 e. The zero-order valence-corrected chi connectivity index (χ0v) is 19.9. The lowest BCUT2D eigenvalue weighted by Crippen LogP contribution is -2.55. The van der Waals surface area contributed by atoms with E-state index in [1.54, 1.807) is 17.0 Å². The third kappa shape index (κ3) is 8.71. The predicted molar refractivity (Wildman–Crippen MR) is 126 cm³/mol. The Bertz CT molecular complexity index is 906. The highest BCUT2D eigenvalue weighted by molar-refractivity contribution is 5.92. The molecule has 2 heterocycles. The zero-order chi connectivity index (χ0) is 26.0. The average Bonchev–Trinajstić information content (AvgIpc) is 3.48. The summed E-state index contributed by atoms with van der Waals surface area (Å²) < 4.78 is 5.39. The number of likely N-dealkylation sites (tertiary alicyclic amines) is 1. The van der Waals surface area contributed by atoms with E-state index in [1.807, 2.05) is 0 Å². The molecule has 3 rings (SSSR count). The monoisotopic (exact) mass is 493 g/mol. The van der Waals surface area contributed by atoms with E-state index in [2.05, 4.69) is 10.6 Å². The molecule has 2 aliphatic rings. The van der Waals surface area contributed by atoms with E-state index in [0.29, 0.717) is 18.7 Å². The summed E-state index contributed by atoms with van der Waals surface area (Å²) in [6.45, 7) is 1.41. The van der Waals surface area contributed by atoms with Gasteiger partial charge in [-0.3, -0.25) is 29.9 Å². The third-order valence-corrected chi connectivity index (χ3v) is 6.06. The Balaban J connectivity index is 0.00000100. The van der Waals surface area contributed by atoms with Crippen LogP contribution in [-0.4, -0.2) is 69.9 Å². The number of amidine groups is 1. The van der Waals surface area contributed by atoms with Crippen LogP contribution < -0.4 is 16.4 Å². The van der Waals surface area contributed by atoms with Gasteiger partial charge >= 0.3 is 5.97 Å². The first-order chi connectivity index (χ1) is 16.6. The second-order valence-corrected chi connectivity index (χ2v) is 8.76. The molecule has 1 aliphatic carbocycles. The van der Waals surface area contributed by atoms with Gasteiger partial charge in [-0.25, -0.2) is 0 Å². The van der Waals surface area contributed by atoms with Crippen LogP contribution in [0.25, 0.3) is 0 Å². The summed E-state index contributed by atoms with van der Waals surface area (Å²) in [5.74, 6) is -1.70. The van der Waals surface area contributed by atoms with Crippen molar-refractivity contribution in [2.75, 3.05) is 13.1 Å². The number of hydrogen-bond donors (Lipinski definition) is 6. The molecule has 1 aromatic heterocycles. The Labute approximate surface area is 203 Å². The second kappa shape index (κ2) is 13.5. The van der Waals surface area contributed by atoms with E-state index in [1.165, 1.54) is 0 Å². The van der Waals surface area contributed by atoms with Crippen molar-refractivity contribution in [1.82, 2.24) is 15.5 Å². The Hall–Kier alpha value is -3.41. The molecule has 0 radical (unpaired) electrons. The molecular weight excluding hydrogens is 458 g/mol. The van der Waals surface area contributed by atoms with Gasteiger partial charge in [-0.2, -0.15) is 0 Å². The number of carbonyl (C=O) groups is 4. The molecule has 1 saturated carbocycles. The van der Waals surface area contributed by atoms with Gasteiger partial charge < -0.3 is 30.6 Å². The van der Waals surface area contributed by atoms with Gasteiger partial charge in [0.25, 0.3) is 5.97 Å². The normalized spacial score (nSPS) is 18.8. The second-order valence-electron chi connectivity index (χ2n) is 8.76. The number of hydrogen-bond acceptors (Lipinski definition) is 7. The number of aliphatic carboxylic acids is 2. The van der Waals surface area contributed by atoms with Gasteiger partial charge in [0.1, 0.15) is 11.8 Å². The number of amides is 2. The largest absolute Gasteiger partial charge is 0.481 e. The van der Waals surface area contributed by atoms with Gasteiger partial charge in [0, 0.05) is 13.5 Å². The lowest BCUT2D eigenvalue weighted by Gasteiger charge is -2.34. The summed E-state index contributed by atoms with van der Waals surface area (Å²) in [4.78, 5) is 47.8. The number of carboxylic acid groups (broad SMARTS) is 2. The summed E-state index contributed by atoms with van der Waals surface area (Å²) in [6, 6.07) is 2.03. The maximum absolute atomic E-state index is 13.4. The number of nitrogens with one attached hydrogen (secondary N) is 3. The average molecular weight is 494 g/mol. The molecule has 1 saturated heterocycles. The van der Waals surface area contributed by atoms with E-state index in [4.69, 9.17) is 30.6 Å². The van der Waals surface area contributed by atoms with Gasteiger partial charge in [-0.05, 0) is 43.7 Å². The lowest BCUT2D eigenvalue weighted by atomic mass is 9.83. The van der Waals surface area contributed by atoms with Gasteiger partial charge in [-0.1, -0.05) is 19.3 Å². The first-order valence-corrected chi connectivity index (χ1v) is 11.8. The van der Waals surface area contributed by atoms with E-state index in [0.717, 1.165) is 45.4 Å². The number of carbonyl (C=O) groups excluding carboxylic acids is 2. The molecule has 0 bridgehead atoms. The fourth-order valence-corrected chi connectivity index (χ4v) is 4.51. The number of carboxylic acids is 2. The van der Waals surface area contributed by atoms with Crippen molar-refractivity contribution in [2.45, 2.75) is 70.5 Å². The van der Waals surface area contributed by atoms with Crippen molar-refractivity contribution >= 4 is 29.6 Å². The van der Waals surface area contributed by atoms with Crippen LogP contribution in [0.4, 0.5) is 0 Å². The first-order valence-electron chi connectivity index (χ1n) is 11.8. The smallest absolute Gasteiger partial charge is 0.317 e. The van der Waals surface area contributed by atoms with Gasteiger partial charge in [0.15, 0.2) is 11.6 Å². The minimum absolute atomic E-state index is 0.0815. The van der Waals surface area contributed by atoms with E-state index in [-0.39, 0.29) is 42.4 Å². The summed E-state index contributed by atoms with van der Waals surface area (Å²) in [7, 11) is 0. The maximum atomic E-state index is 13.4. The van der Waals surface area contributed by atoms with Crippen LogP contribution in [-0.2, 0) is 25.7 Å².